The van der Waals surface area contributed by atoms with Gasteiger partial charge in [0.05, 0.1) is 21.9 Å². The number of benzene rings is 1. The molecule has 0 saturated heterocycles. The molecule has 0 spiro atoms. The van der Waals surface area contributed by atoms with Crippen LogP contribution in [0.1, 0.15) is 47.6 Å². The number of nitrogens with one attached hydrogen (secondary N) is 1. The molecule has 0 aliphatic heterocycles. The quantitative estimate of drug-likeness (QED) is 0.254. The van der Waals surface area contributed by atoms with Gasteiger partial charge in [0.2, 0.25) is 5.91 Å². The minimum atomic E-state index is -0.521. The highest BCUT2D eigenvalue weighted by Gasteiger charge is 2.29. The van der Waals surface area contributed by atoms with Gasteiger partial charge in [-0.1, -0.05) is 17.8 Å². The second-order valence-electron chi connectivity index (χ2n) is 6.32. The molecule has 0 unspecified atom stereocenters. The molecule has 0 radical (unpaired) electrons. The third-order valence-electron chi connectivity index (χ3n) is 4.05. The number of thioether (sulfide) groups is 1. The van der Waals surface area contributed by atoms with Crippen LogP contribution >= 0.6 is 11.8 Å². The molecule has 1 aromatic heterocycles. The number of carbonyl (C=O) groups excluding carboxylic acids is 2. The first-order chi connectivity index (χ1) is 12.8. The highest BCUT2D eigenvalue weighted by molar-refractivity contribution is 8.00. The molecule has 1 heterocycles. The molecule has 1 amide bonds. The lowest BCUT2D eigenvalue weighted by atomic mass is 10.2. The molecule has 1 fully saturated rings. The summed E-state index contributed by atoms with van der Waals surface area (Å²) in [5, 5.41) is 14.0. The van der Waals surface area contributed by atoms with Crippen molar-refractivity contribution in [1.82, 2.24) is 9.97 Å². The molecular weight excluding hydrogens is 368 g/mol. The van der Waals surface area contributed by atoms with Crippen molar-refractivity contribution in [2.45, 2.75) is 37.6 Å². The Kier molecular flexibility index (Phi) is 5.50. The average molecular weight is 386 g/mol. The van der Waals surface area contributed by atoms with Gasteiger partial charge in [-0.25, -0.2) is 9.97 Å². The molecule has 27 heavy (non-hydrogen) atoms. The predicted molar refractivity (Wildman–Crippen MR) is 101 cm³/mol. The van der Waals surface area contributed by atoms with Crippen molar-refractivity contribution in [1.29, 1.82) is 0 Å². The van der Waals surface area contributed by atoms with E-state index in [1.165, 1.54) is 36.9 Å². The van der Waals surface area contributed by atoms with E-state index in [1.807, 2.05) is 0 Å². The number of ketones is 1. The first kappa shape index (κ1) is 19.0. The third kappa shape index (κ3) is 4.68. The third-order valence-corrected chi connectivity index (χ3v) is 5.02. The maximum Gasteiger partial charge on any atom is 0.271 e. The maximum atomic E-state index is 12.2. The van der Waals surface area contributed by atoms with Crippen LogP contribution < -0.4 is 5.32 Å². The summed E-state index contributed by atoms with van der Waals surface area (Å²) in [7, 11) is 0. The lowest BCUT2D eigenvalue weighted by Gasteiger charge is -2.11. The van der Waals surface area contributed by atoms with Crippen molar-refractivity contribution in [2.75, 3.05) is 11.1 Å². The van der Waals surface area contributed by atoms with Crippen LogP contribution in [0, 0.1) is 17.0 Å². The summed E-state index contributed by atoms with van der Waals surface area (Å²) in [5.41, 5.74) is 1.31. The van der Waals surface area contributed by atoms with Gasteiger partial charge in [-0.15, -0.1) is 0 Å². The molecule has 1 aromatic carbocycles. The molecule has 1 aliphatic rings. The summed E-state index contributed by atoms with van der Waals surface area (Å²) < 4.78 is 0. The number of nitro groups is 1. The van der Waals surface area contributed by atoms with E-state index in [2.05, 4.69) is 15.3 Å². The second-order valence-corrected chi connectivity index (χ2v) is 7.29. The fourth-order valence-electron chi connectivity index (χ4n) is 2.63. The smallest absolute Gasteiger partial charge is 0.271 e. The molecule has 2 aromatic rings. The molecule has 9 heteroatoms. The van der Waals surface area contributed by atoms with Crippen molar-refractivity contribution in [2.24, 2.45) is 0 Å². The number of rotatable bonds is 7. The van der Waals surface area contributed by atoms with Gasteiger partial charge in [-0.3, -0.25) is 19.7 Å². The maximum absolute atomic E-state index is 12.2. The van der Waals surface area contributed by atoms with Crippen LogP contribution in [0.15, 0.2) is 29.3 Å². The van der Waals surface area contributed by atoms with E-state index in [4.69, 9.17) is 0 Å². The van der Waals surface area contributed by atoms with Crippen LogP contribution in [0.3, 0.4) is 0 Å². The minimum absolute atomic E-state index is 0.0313. The largest absolute Gasteiger partial charge is 0.325 e. The number of aryl methyl sites for hydroxylation is 1. The SMILES string of the molecule is CC(=O)c1c(C)nc(C2CC2)nc1SCC(=O)Nc1cccc([N+](=O)[O-])c1. The first-order valence-corrected chi connectivity index (χ1v) is 9.40. The van der Waals surface area contributed by atoms with Crippen molar-refractivity contribution in [3.63, 3.8) is 0 Å². The highest BCUT2D eigenvalue weighted by Crippen LogP contribution is 2.39. The number of non-ortho nitro benzene ring substituents is 1. The number of hydrogen-bond acceptors (Lipinski definition) is 7. The summed E-state index contributed by atoms with van der Waals surface area (Å²) in [5.74, 6) is 0.612. The van der Waals surface area contributed by atoms with E-state index in [0.717, 1.165) is 18.7 Å². The minimum Gasteiger partial charge on any atom is -0.325 e. The fraction of sp³-hybridized carbons (Fsp3) is 0.333. The van der Waals surface area contributed by atoms with Gasteiger partial charge >= 0.3 is 0 Å². The molecule has 1 saturated carbocycles. The van der Waals surface area contributed by atoms with Crippen LogP contribution in [0.2, 0.25) is 0 Å². The van der Waals surface area contributed by atoms with Gasteiger partial charge in [-0.05, 0) is 32.8 Å². The monoisotopic (exact) mass is 386 g/mol. The molecule has 3 rings (SSSR count). The van der Waals surface area contributed by atoms with Crippen LogP contribution in [0.5, 0.6) is 0 Å². The zero-order valence-electron chi connectivity index (χ0n) is 14.9. The number of carbonyl (C=O) groups is 2. The van der Waals surface area contributed by atoms with Gasteiger partial charge in [0.25, 0.3) is 5.69 Å². The molecule has 0 bridgehead atoms. The normalized spacial score (nSPS) is 13.3. The van der Waals surface area contributed by atoms with Crippen molar-refractivity contribution in [3.8, 4) is 0 Å². The Labute approximate surface area is 159 Å². The Bertz CT molecular complexity index is 928. The Balaban J connectivity index is 1.72. The van der Waals surface area contributed by atoms with Gasteiger partial charge in [0.1, 0.15) is 10.9 Å². The zero-order valence-corrected chi connectivity index (χ0v) is 15.7. The Morgan fingerprint density at radius 2 is 2.07 bits per heavy atom. The van der Waals surface area contributed by atoms with E-state index < -0.39 is 4.92 Å². The van der Waals surface area contributed by atoms with Crippen LogP contribution in [-0.4, -0.2) is 32.3 Å². The molecule has 0 atom stereocenters. The lowest BCUT2D eigenvalue weighted by Crippen LogP contribution is -2.15. The average Bonchev–Trinajstić information content (AvgIpc) is 3.44. The Morgan fingerprint density at radius 3 is 2.70 bits per heavy atom. The standard InChI is InChI=1S/C18H18N4O4S/c1-10-16(11(2)23)18(21-17(19-10)12-6-7-12)27-9-15(24)20-13-4-3-5-14(8-13)22(25)26/h3-5,8,12H,6-7,9H2,1-2H3,(H,20,24). The lowest BCUT2D eigenvalue weighted by molar-refractivity contribution is -0.384. The number of nitro benzene ring substituents is 1. The van der Waals surface area contributed by atoms with Crippen LogP contribution in [0.4, 0.5) is 11.4 Å². The predicted octanol–water partition coefficient (Wildman–Crippen LogP) is 3.50. The molecule has 140 valence electrons. The number of amides is 1. The Hall–Kier alpha value is -2.81. The number of anilines is 1. The van der Waals surface area contributed by atoms with Crippen LogP contribution in [0.25, 0.3) is 0 Å². The van der Waals surface area contributed by atoms with Gasteiger partial charge in [-0.2, -0.15) is 0 Å². The second kappa shape index (κ2) is 7.83. The topological polar surface area (TPSA) is 115 Å². The molecular formula is C18H18N4O4S. The first-order valence-electron chi connectivity index (χ1n) is 8.41. The fourth-order valence-corrected chi connectivity index (χ4v) is 3.56. The van der Waals surface area contributed by atoms with Gasteiger partial charge in [0.15, 0.2) is 5.78 Å². The Morgan fingerprint density at radius 1 is 1.33 bits per heavy atom. The van der Waals surface area contributed by atoms with E-state index in [-0.39, 0.29) is 23.1 Å². The number of Topliss-reactive ketones (excluding diaryl/α,β-unsaturated/α-hetero) is 1. The van der Waals surface area contributed by atoms with Crippen LogP contribution in [-0.2, 0) is 4.79 Å². The molecule has 8 nitrogen and oxygen atoms in total. The number of aromatic nitrogens is 2. The summed E-state index contributed by atoms with van der Waals surface area (Å²) in [6.45, 7) is 3.23. The summed E-state index contributed by atoms with van der Waals surface area (Å²) in [6, 6.07) is 5.73. The molecule has 1 aliphatic carbocycles. The van der Waals surface area contributed by atoms with Gasteiger partial charge < -0.3 is 5.32 Å². The highest BCUT2D eigenvalue weighted by atomic mass is 32.2. The number of hydrogen-bond donors (Lipinski definition) is 1. The zero-order chi connectivity index (χ0) is 19.6. The number of nitrogens with zero attached hydrogens (tertiary/aromatic N) is 3. The van der Waals surface area contributed by atoms with E-state index in [9.17, 15) is 19.7 Å². The van der Waals surface area contributed by atoms with E-state index in [1.54, 1.807) is 13.0 Å². The summed E-state index contributed by atoms with van der Waals surface area (Å²) in [6.07, 6.45) is 2.08. The van der Waals surface area contributed by atoms with E-state index >= 15 is 0 Å². The van der Waals surface area contributed by atoms with Gasteiger partial charge in [0, 0.05) is 23.7 Å². The van der Waals surface area contributed by atoms with Crippen molar-refractivity contribution >= 4 is 34.8 Å². The molecule has 1 N–H and O–H groups in total. The van der Waals surface area contributed by atoms with E-state index in [0.29, 0.717) is 27.9 Å². The van der Waals surface area contributed by atoms with Crippen molar-refractivity contribution < 1.29 is 14.5 Å². The van der Waals surface area contributed by atoms with Crippen molar-refractivity contribution in [3.05, 3.63) is 51.5 Å². The summed E-state index contributed by atoms with van der Waals surface area (Å²) >= 11 is 1.17. The summed E-state index contributed by atoms with van der Waals surface area (Å²) in [4.78, 5) is 43.4.